The van der Waals surface area contributed by atoms with Crippen LogP contribution in [0.1, 0.15) is 40.0 Å². The van der Waals surface area contributed by atoms with Gasteiger partial charge in [0, 0.05) is 43.9 Å². The van der Waals surface area contributed by atoms with Crippen molar-refractivity contribution in [3.8, 4) is 0 Å². The van der Waals surface area contributed by atoms with Gasteiger partial charge in [-0.15, -0.1) is 0 Å². The van der Waals surface area contributed by atoms with E-state index in [1.165, 1.54) is 18.2 Å². The molecule has 0 radical (unpaired) electrons. The van der Waals surface area contributed by atoms with Crippen molar-refractivity contribution in [3.63, 3.8) is 0 Å². The van der Waals surface area contributed by atoms with Crippen LogP contribution in [0.25, 0.3) is 0 Å². The highest BCUT2D eigenvalue weighted by Crippen LogP contribution is 2.23. The molecule has 0 spiro atoms. The zero-order chi connectivity index (χ0) is 24.5. The molecule has 0 bridgehead atoms. The second-order valence-electron chi connectivity index (χ2n) is 8.20. The van der Waals surface area contributed by atoms with Crippen molar-refractivity contribution in [2.75, 3.05) is 33.4 Å². The highest BCUT2D eigenvalue weighted by Gasteiger charge is 2.34. The maximum absolute atomic E-state index is 14.1. The Bertz CT molecular complexity index is 994. The van der Waals surface area contributed by atoms with E-state index < -0.39 is 17.8 Å². The first-order valence-corrected chi connectivity index (χ1v) is 11.7. The third-order valence-electron chi connectivity index (χ3n) is 5.90. The fourth-order valence-corrected chi connectivity index (χ4v) is 4.14. The smallest absolute Gasteiger partial charge is 0.254 e. The second-order valence-corrected chi connectivity index (χ2v) is 8.64. The average molecular weight is 490 g/mol. The van der Waals surface area contributed by atoms with Crippen molar-refractivity contribution >= 4 is 29.3 Å². The first-order chi connectivity index (χ1) is 16.4. The van der Waals surface area contributed by atoms with Gasteiger partial charge < -0.3 is 20.3 Å². The zero-order valence-corrected chi connectivity index (χ0v) is 19.8. The Labute approximate surface area is 203 Å². The molecule has 1 atom stereocenters. The first-order valence-electron chi connectivity index (χ1n) is 11.3. The molecule has 1 fully saturated rings. The molecule has 2 aromatic rings. The largest absolute Gasteiger partial charge is 0.385 e. The Morgan fingerprint density at radius 1 is 1.12 bits per heavy atom. The molecule has 34 heavy (non-hydrogen) atoms. The van der Waals surface area contributed by atoms with Crippen LogP contribution < -0.4 is 10.6 Å². The number of benzene rings is 2. The van der Waals surface area contributed by atoms with Gasteiger partial charge in [0.2, 0.25) is 5.91 Å². The molecular weight excluding hydrogens is 461 g/mol. The van der Waals surface area contributed by atoms with Gasteiger partial charge in [-0.25, -0.2) is 4.39 Å². The van der Waals surface area contributed by atoms with Crippen molar-refractivity contribution < 1.29 is 23.5 Å². The molecule has 1 saturated heterocycles. The van der Waals surface area contributed by atoms with Crippen molar-refractivity contribution in [2.24, 2.45) is 5.92 Å². The van der Waals surface area contributed by atoms with E-state index in [4.69, 9.17) is 16.3 Å². The maximum Gasteiger partial charge on any atom is 0.254 e. The first kappa shape index (κ1) is 25.6. The number of hydrogen-bond donors (Lipinski definition) is 2. The minimum absolute atomic E-state index is 0.105. The summed E-state index contributed by atoms with van der Waals surface area (Å²) in [6.07, 6.45) is 1.67. The summed E-state index contributed by atoms with van der Waals surface area (Å²) in [5.74, 6) is -1.93. The summed E-state index contributed by atoms with van der Waals surface area (Å²) in [5.41, 5.74) is 0.429. The SMILES string of the molecule is COCCCNC(=O)C(NC(=O)c1ccccc1F)C1CCN(C(=O)c2ccc(Cl)cc2)CC1. The van der Waals surface area contributed by atoms with E-state index >= 15 is 0 Å². The number of amides is 3. The lowest BCUT2D eigenvalue weighted by molar-refractivity contribution is -0.124. The third-order valence-corrected chi connectivity index (χ3v) is 6.15. The van der Waals surface area contributed by atoms with Crippen LogP contribution in [0.3, 0.4) is 0 Å². The van der Waals surface area contributed by atoms with Gasteiger partial charge in [-0.3, -0.25) is 14.4 Å². The summed E-state index contributed by atoms with van der Waals surface area (Å²) >= 11 is 5.91. The summed E-state index contributed by atoms with van der Waals surface area (Å²) < 4.78 is 19.1. The van der Waals surface area contributed by atoms with Crippen LogP contribution >= 0.6 is 11.6 Å². The van der Waals surface area contributed by atoms with E-state index in [-0.39, 0.29) is 23.3 Å². The van der Waals surface area contributed by atoms with Crippen LogP contribution in [-0.4, -0.2) is 62.0 Å². The maximum atomic E-state index is 14.1. The molecule has 9 heteroatoms. The van der Waals surface area contributed by atoms with Crippen molar-refractivity contribution in [1.29, 1.82) is 0 Å². The minimum atomic E-state index is -0.845. The number of rotatable bonds is 9. The van der Waals surface area contributed by atoms with Crippen LogP contribution in [0.2, 0.25) is 5.02 Å². The molecule has 1 unspecified atom stereocenters. The predicted molar refractivity (Wildman–Crippen MR) is 127 cm³/mol. The molecule has 1 aliphatic rings. The van der Waals surface area contributed by atoms with Gasteiger partial charge in [0.1, 0.15) is 11.9 Å². The van der Waals surface area contributed by atoms with Crippen LogP contribution in [-0.2, 0) is 9.53 Å². The summed E-state index contributed by atoms with van der Waals surface area (Å²) in [5, 5.41) is 6.11. The molecule has 3 rings (SSSR count). The predicted octanol–water partition coefficient (Wildman–Crippen LogP) is 3.28. The van der Waals surface area contributed by atoms with E-state index in [1.807, 2.05) is 0 Å². The van der Waals surface area contributed by atoms with Gasteiger partial charge in [0.05, 0.1) is 5.56 Å². The Hall–Kier alpha value is -2.97. The van der Waals surface area contributed by atoms with Gasteiger partial charge >= 0.3 is 0 Å². The molecule has 1 heterocycles. The lowest BCUT2D eigenvalue weighted by atomic mass is 9.88. The number of piperidine rings is 1. The summed E-state index contributed by atoms with van der Waals surface area (Å²) in [6.45, 7) is 1.77. The van der Waals surface area contributed by atoms with Crippen LogP contribution in [0, 0.1) is 11.7 Å². The molecule has 0 saturated carbocycles. The molecule has 2 N–H and O–H groups in total. The van der Waals surface area contributed by atoms with E-state index in [2.05, 4.69) is 10.6 Å². The van der Waals surface area contributed by atoms with Crippen LogP contribution in [0.5, 0.6) is 0 Å². The number of ether oxygens (including phenoxy) is 1. The number of halogens is 2. The number of likely N-dealkylation sites (tertiary alicyclic amines) is 1. The minimum Gasteiger partial charge on any atom is -0.385 e. The Morgan fingerprint density at radius 3 is 2.44 bits per heavy atom. The number of nitrogens with one attached hydrogen (secondary N) is 2. The van der Waals surface area contributed by atoms with Crippen LogP contribution in [0.4, 0.5) is 4.39 Å². The van der Waals surface area contributed by atoms with Crippen molar-refractivity contribution in [1.82, 2.24) is 15.5 Å². The fourth-order valence-electron chi connectivity index (χ4n) is 4.01. The molecule has 0 aromatic heterocycles. The van der Waals surface area contributed by atoms with Gasteiger partial charge in [0.15, 0.2) is 0 Å². The number of nitrogens with zero attached hydrogens (tertiary/aromatic N) is 1. The molecule has 7 nitrogen and oxygen atoms in total. The molecule has 2 aromatic carbocycles. The van der Waals surface area contributed by atoms with Crippen molar-refractivity contribution in [2.45, 2.75) is 25.3 Å². The fraction of sp³-hybridized carbons (Fsp3) is 0.400. The van der Waals surface area contributed by atoms with Crippen LogP contribution in [0.15, 0.2) is 48.5 Å². The summed E-state index contributed by atoms with van der Waals surface area (Å²) in [6, 6.07) is 11.5. The average Bonchev–Trinajstić information content (AvgIpc) is 2.85. The normalized spacial score (nSPS) is 15.0. The van der Waals surface area contributed by atoms with E-state index in [0.717, 1.165) is 0 Å². The Balaban J connectivity index is 1.67. The van der Waals surface area contributed by atoms with Gasteiger partial charge in [-0.2, -0.15) is 0 Å². The van der Waals surface area contributed by atoms with Gasteiger partial charge in [-0.05, 0) is 61.6 Å². The molecule has 182 valence electrons. The molecular formula is C25H29ClFN3O4. The van der Waals surface area contributed by atoms with E-state index in [1.54, 1.807) is 42.3 Å². The number of carbonyl (C=O) groups excluding carboxylic acids is 3. The molecule has 1 aliphatic heterocycles. The zero-order valence-electron chi connectivity index (χ0n) is 19.1. The summed E-state index contributed by atoms with van der Waals surface area (Å²) in [4.78, 5) is 40.3. The highest BCUT2D eigenvalue weighted by atomic mass is 35.5. The second kappa shape index (κ2) is 12.5. The Morgan fingerprint density at radius 2 is 1.79 bits per heavy atom. The number of methoxy groups -OCH3 is 1. The lowest BCUT2D eigenvalue weighted by Crippen LogP contribution is -2.54. The summed E-state index contributed by atoms with van der Waals surface area (Å²) in [7, 11) is 1.58. The standard InChI is InChI=1S/C25H29ClFN3O4/c1-34-16-4-13-28-24(32)22(29-23(31)20-5-2-3-6-21(20)27)17-11-14-30(15-12-17)25(33)18-7-9-19(26)10-8-18/h2-3,5-10,17,22H,4,11-16H2,1H3,(H,28,32)(H,29,31). The molecule has 0 aliphatic carbocycles. The molecule has 3 amide bonds. The Kier molecular flexibility index (Phi) is 9.42. The monoisotopic (exact) mass is 489 g/mol. The third kappa shape index (κ3) is 6.77. The van der Waals surface area contributed by atoms with E-state index in [9.17, 15) is 18.8 Å². The number of hydrogen-bond acceptors (Lipinski definition) is 4. The quantitative estimate of drug-likeness (QED) is 0.529. The number of carbonyl (C=O) groups is 3. The van der Waals surface area contributed by atoms with Gasteiger partial charge in [0.25, 0.3) is 11.8 Å². The lowest BCUT2D eigenvalue weighted by Gasteiger charge is -2.36. The van der Waals surface area contributed by atoms with Crippen molar-refractivity contribution in [3.05, 3.63) is 70.5 Å². The topological polar surface area (TPSA) is 87.7 Å². The van der Waals surface area contributed by atoms with E-state index in [0.29, 0.717) is 56.1 Å². The van der Waals surface area contributed by atoms with Gasteiger partial charge in [-0.1, -0.05) is 23.7 Å². The highest BCUT2D eigenvalue weighted by molar-refractivity contribution is 6.30.